The second-order valence-electron chi connectivity index (χ2n) is 6.34. The molecular formula is C22H21BrN2O5S. The summed E-state index contributed by atoms with van der Waals surface area (Å²) in [5.74, 6) is 0.623. The van der Waals surface area contributed by atoms with Gasteiger partial charge >= 0.3 is 0 Å². The summed E-state index contributed by atoms with van der Waals surface area (Å²) in [6, 6.07) is 10.3. The highest BCUT2D eigenvalue weighted by Gasteiger charge is 2.34. The van der Waals surface area contributed by atoms with E-state index in [2.05, 4.69) is 21.2 Å². The first-order valence-electron chi connectivity index (χ1n) is 9.54. The largest absolute Gasteiger partial charge is 0.497 e. The van der Waals surface area contributed by atoms with Crippen molar-refractivity contribution in [2.75, 3.05) is 25.2 Å². The molecule has 0 aromatic heterocycles. The fourth-order valence-electron chi connectivity index (χ4n) is 2.99. The van der Waals surface area contributed by atoms with Gasteiger partial charge in [-0.25, -0.2) is 0 Å². The van der Waals surface area contributed by atoms with Crippen LogP contribution in [-0.2, 0) is 9.59 Å². The maximum absolute atomic E-state index is 13.2. The second kappa shape index (κ2) is 9.93. The zero-order valence-electron chi connectivity index (χ0n) is 17.2. The zero-order valence-corrected chi connectivity index (χ0v) is 19.6. The number of nitrogens with one attached hydrogen (secondary N) is 1. The van der Waals surface area contributed by atoms with E-state index < -0.39 is 11.8 Å². The van der Waals surface area contributed by atoms with Gasteiger partial charge in [0.2, 0.25) is 0 Å². The van der Waals surface area contributed by atoms with Crippen molar-refractivity contribution in [3.8, 4) is 17.2 Å². The number of hydrogen-bond donors (Lipinski definition) is 1. The van der Waals surface area contributed by atoms with Crippen molar-refractivity contribution in [3.63, 3.8) is 0 Å². The number of ether oxygens (including phenoxy) is 3. The van der Waals surface area contributed by atoms with Crippen molar-refractivity contribution >= 4 is 56.8 Å². The average molecular weight is 505 g/mol. The number of carbonyl (C=O) groups is 2. The number of halogens is 1. The lowest BCUT2D eigenvalue weighted by Crippen LogP contribution is -2.54. The molecule has 1 aliphatic heterocycles. The summed E-state index contributed by atoms with van der Waals surface area (Å²) in [6.07, 6.45) is 1.49. The van der Waals surface area contributed by atoms with Crippen LogP contribution in [0.1, 0.15) is 19.4 Å². The van der Waals surface area contributed by atoms with Gasteiger partial charge in [0, 0.05) is 11.6 Å². The number of anilines is 1. The van der Waals surface area contributed by atoms with Crippen LogP contribution in [-0.4, -0.2) is 37.3 Å². The molecule has 1 fully saturated rings. The Labute approximate surface area is 194 Å². The molecule has 3 rings (SSSR count). The third-order valence-corrected chi connectivity index (χ3v) is 5.30. The number of methoxy groups -OCH3 is 1. The predicted octanol–water partition coefficient (Wildman–Crippen LogP) is 4.09. The van der Waals surface area contributed by atoms with Crippen LogP contribution in [0.5, 0.6) is 17.2 Å². The summed E-state index contributed by atoms with van der Waals surface area (Å²) in [6.45, 7) is 4.62. The number of benzene rings is 2. The molecule has 0 unspecified atom stereocenters. The Hall–Kier alpha value is -2.91. The Kier molecular flexibility index (Phi) is 7.29. The standard InChI is InChI=1S/C22H21BrN2O5S/c1-4-29-18-12-19(30-5-2)17(23)11-13(18)10-16-20(26)24-22(31)25(21(16)27)14-6-8-15(28-3)9-7-14/h6-12H,4-5H2,1-3H3,(H,24,26,31)/b16-10+. The SMILES string of the molecule is CCOc1cc(OCC)c(/C=C2\C(=O)NC(=S)N(c3ccc(OC)cc3)C2=O)cc1Br. The third kappa shape index (κ3) is 4.88. The molecule has 31 heavy (non-hydrogen) atoms. The van der Waals surface area contributed by atoms with Crippen molar-refractivity contribution in [2.24, 2.45) is 0 Å². The Morgan fingerprint density at radius 1 is 1.06 bits per heavy atom. The molecule has 0 radical (unpaired) electrons. The van der Waals surface area contributed by atoms with Gasteiger partial charge in [-0.2, -0.15) is 0 Å². The Morgan fingerprint density at radius 2 is 1.71 bits per heavy atom. The van der Waals surface area contributed by atoms with Gasteiger partial charge in [-0.15, -0.1) is 0 Å². The first kappa shape index (κ1) is 22.8. The Morgan fingerprint density at radius 3 is 2.32 bits per heavy atom. The molecule has 0 saturated carbocycles. The molecule has 2 aromatic carbocycles. The predicted molar refractivity (Wildman–Crippen MR) is 126 cm³/mol. The molecule has 1 N–H and O–H groups in total. The quantitative estimate of drug-likeness (QED) is 0.347. The van der Waals surface area contributed by atoms with Crippen LogP contribution in [0, 0.1) is 0 Å². The molecule has 0 atom stereocenters. The number of hydrogen-bond acceptors (Lipinski definition) is 6. The number of amides is 2. The van der Waals surface area contributed by atoms with E-state index in [1.165, 1.54) is 11.0 Å². The molecule has 0 spiro atoms. The van der Waals surface area contributed by atoms with Crippen LogP contribution >= 0.6 is 28.1 Å². The van der Waals surface area contributed by atoms with Gasteiger partial charge in [0.1, 0.15) is 22.8 Å². The molecule has 162 valence electrons. The summed E-state index contributed by atoms with van der Waals surface area (Å²) in [4.78, 5) is 27.1. The van der Waals surface area contributed by atoms with Crippen LogP contribution in [0.3, 0.4) is 0 Å². The van der Waals surface area contributed by atoms with Gasteiger partial charge in [-0.05, 0) is 78.4 Å². The van der Waals surface area contributed by atoms with E-state index in [-0.39, 0.29) is 10.7 Å². The Balaban J connectivity index is 2.04. The van der Waals surface area contributed by atoms with Crippen LogP contribution < -0.4 is 24.4 Å². The van der Waals surface area contributed by atoms with Gasteiger partial charge in [0.15, 0.2) is 5.11 Å². The molecule has 7 nitrogen and oxygen atoms in total. The molecule has 0 aliphatic carbocycles. The van der Waals surface area contributed by atoms with Gasteiger partial charge in [-0.1, -0.05) is 0 Å². The van der Waals surface area contributed by atoms with Crippen LogP contribution in [0.4, 0.5) is 5.69 Å². The molecular weight excluding hydrogens is 484 g/mol. The van der Waals surface area contributed by atoms with E-state index in [9.17, 15) is 9.59 Å². The van der Waals surface area contributed by atoms with Crippen molar-refractivity contribution in [1.29, 1.82) is 0 Å². The molecule has 1 saturated heterocycles. The minimum atomic E-state index is -0.577. The van der Waals surface area contributed by atoms with Crippen molar-refractivity contribution in [2.45, 2.75) is 13.8 Å². The number of carbonyl (C=O) groups excluding carboxylic acids is 2. The molecule has 2 amide bonds. The van der Waals surface area contributed by atoms with E-state index in [0.29, 0.717) is 46.2 Å². The Bertz CT molecular complexity index is 1050. The van der Waals surface area contributed by atoms with E-state index in [1.807, 2.05) is 13.8 Å². The number of nitrogens with zero attached hydrogens (tertiary/aromatic N) is 1. The summed E-state index contributed by atoms with van der Waals surface area (Å²) in [5, 5.41) is 2.59. The monoisotopic (exact) mass is 504 g/mol. The molecule has 1 aliphatic rings. The lowest BCUT2D eigenvalue weighted by Gasteiger charge is -2.29. The maximum atomic E-state index is 13.2. The average Bonchev–Trinajstić information content (AvgIpc) is 2.74. The second-order valence-corrected chi connectivity index (χ2v) is 7.58. The van der Waals surface area contributed by atoms with E-state index in [0.717, 1.165) is 0 Å². The highest BCUT2D eigenvalue weighted by Crippen LogP contribution is 2.35. The van der Waals surface area contributed by atoms with Crippen LogP contribution in [0.15, 0.2) is 46.4 Å². The first-order chi connectivity index (χ1) is 14.9. The molecule has 2 aromatic rings. The van der Waals surface area contributed by atoms with Gasteiger partial charge in [0.05, 0.1) is 30.5 Å². The zero-order chi connectivity index (χ0) is 22.5. The van der Waals surface area contributed by atoms with Crippen molar-refractivity contribution < 1.29 is 23.8 Å². The van der Waals surface area contributed by atoms with Gasteiger partial charge < -0.3 is 14.2 Å². The molecule has 1 heterocycles. The van der Waals surface area contributed by atoms with Gasteiger partial charge in [-0.3, -0.25) is 19.8 Å². The highest BCUT2D eigenvalue weighted by molar-refractivity contribution is 9.10. The maximum Gasteiger partial charge on any atom is 0.270 e. The van der Waals surface area contributed by atoms with Crippen molar-refractivity contribution in [1.82, 2.24) is 5.32 Å². The molecule has 0 bridgehead atoms. The fraction of sp³-hybridized carbons (Fsp3) is 0.227. The topological polar surface area (TPSA) is 77.1 Å². The number of rotatable bonds is 7. The smallest absolute Gasteiger partial charge is 0.270 e. The van der Waals surface area contributed by atoms with Crippen molar-refractivity contribution in [3.05, 3.63) is 52.0 Å². The van der Waals surface area contributed by atoms with E-state index in [1.54, 1.807) is 43.5 Å². The lowest BCUT2D eigenvalue weighted by molar-refractivity contribution is -0.122. The normalized spacial score (nSPS) is 15.2. The first-order valence-corrected chi connectivity index (χ1v) is 10.7. The minimum absolute atomic E-state index is 0.00947. The van der Waals surface area contributed by atoms with E-state index in [4.69, 9.17) is 26.4 Å². The van der Waals surface area contributed by atoms with Gasteiger partial charge in [0.25, 0.3) is 11.8 Å². The number of thiocarbonyl (C=S) groups is 1. The van der Waals surface area contributed by atoms with E-state index >= 15 is 0 Å². The summed E-state index contributed by atoms with van der Waals surface area (Å²) >= 11 is 8.70. The molecule has 9 heteroatoms. The summed E-state index contributed by atoms with van der Waals surface area (Å²) in [7, 11) is 1.55. The highest BCUT2D eigenvalue weighted by atomic mass is 79.9. The summed E-state index contributed by atoms with van der Waals surface area (Å²) < 4.78 is 17.1. The minimum Gasteiger partial charge on any atom is -0.497 e. The van der Waals surface area contributed by atoms with Crippen LogP contribution in [0.25, 0.3) is 6.08 Å². The third-order valence-electron chi connectivity index (χ3n) is 4.40. The lowest BCUT2D eigenvalue weighted by atomic mass is 10.1. The fourth-order valence-corrected chi connectivity index (χ4v) is 3.74. The van der Waals surface area contributed by atoms with Crippen LogP contribution in [0.2, 0.25) is 0 Å². The summed E-state index contributed by atoms with van der Waals surface area (Å²) in [5.41, 5.74) is 0.999.